The summed E-state index contributed by atoms with van der Waals surface area (Å²) < 4.78 is 0. The summed E-state index contributed by atoms with van der Waals surface area (Å²) in [7, 11) is 0. The standard InChI is InChI=1S/C20H30N4O2/c1-17(25)22-12-14-24(15-13-22)20(26)16-21-18-8-4-5-9-19(18)23-10-6-2-3-7-11-23/h4-5,8-9,21H,2-3,6-7,10-16H2,1H3. The molecule has 0 spiro atoms. The number of anilines is 2. The number of para-hydroxylation sites is 2. The molecule has 2 fully saturated rings. The number of rotatable bonds is 4. The van der Waals surface area contributed by atoms with E-state index in [2.05, 4.69) is 28.4 Å². The summed E-state index contributed by atoms with van der Waals surface area (Å²) in [6, 6.07) is 8.28. The first-order valence-corrected chi connectivity index (χ1v) is 9.76. The number of carbonyl (C=O) groups is 2. The van der Waals surface area contributed by atoms with Gasteiger partial charge in [0.15, 0.2) is 0 Å². The van der Waals surface area contributed by atoms with Gasteiger partial charge in [0.05, 0.1) is 17.9 Å². The predicted molar refractivity (Wildman–Crippen MR) is 104 cm³/mol. The summed E-state index contributed by atoms with van der Waals surface area (Å²) in [5.41, 5.74) is 2.23. The van der Waals surface area contributed by atoms with Crippen molar-refractivity contribution in [2.45, 2.75) is 32.6 Å². The van der Waals surface area contributed by atoms with Crippen LogP contribution in [-0.2, 0) is 9.59 Å². The molecule has 6 nitrogen and oxygen atoms in total. The molecular weight excluding hydrogens is 328 g/mol. The summed E-state index contributed by atoms with van der Waals surface area (Å²) in [5, 5.41) is 3.35. The van der Waals surface area contributed by atoms with Gasteiger partial charge in [-0.2, -0.15) is 0 Å². The molecule has 3 rings (SSSR count). The molecule has 0 bridgehead atoms. The number of piperazine rings is 1. The molecule has 0 unspecified atom stereocenters. The maximum absolute atomic E-state index is 12.5. The Hall–Kier alpha value is -2.24. The lowest BCUT2D eigenvalue weighted by Gasteiger charge is -2.34. The van der Waals surface area contributed by atoms with Crippen molar-refractivity contribution in [3.8, 4) is 0 Å². The van der Waals surface area contributed by atoms with E-state index in [4.69, 9.17) is 0 Å². The molecular formula is C20H30N4O2. The zero-order valence-electron chi connectivity index (χ0n) is 15.7. The molecule has 0 saturated carbocycles. The summed E-state index contributed by atoms with van der Waals surface area (Å²) in [4.78, 5) is 30.0. The second kappa shape index (κ2) is 8.92. The van der Waals surface area contributed by atoms with Gasteiger partial charge in [-0.25, -0.2) is 0 Å². The van der Waals surface area contributed by atoms with Crippen LogP contribution in [0.2, 0.25) is 0 Å². The van der Waals surface area contributed by atoms with Gasteiger partial charge in [-0.15, -0.1) is 0 Å². The summed E-state index contributed by atoms with van der Waals surface area (Å²) >= 11 is 0. The zero-order chi connectivity index (χ0) is 18.4. The fourth-order valence-corrected chi connectivity index (χ4v) is 3.76. The maximum Gasteiger partial charge on any atom is 0.241 e. The number of benzene rings is 1. The average Bonchev–Trinajstić information content (AvgIpc) is 2.96. The van der Waals surface area contributed by atoms with Crippen LogP contribution in [0.15, 0.2) is 24.3 Å². The highest BCUT2D eigenvalue weighted by molar-refractivity contribution is 5.83. The van der Waals surface area contributed by atoms with Crippen molar-refractivity contribution in [1.29, 1.82) is 0 Å². The molecule has 6 heteroatoms. The number of carbonyl (C=O) groups excluding carboxylic acids is 2. The molecule has 2 aliphatic rings. The molecule has 0 aliphatic carbocycles. The fraction of sp³-hybridized carbons (Fsp3) is 0.600. The second-order valence-corrected chi connectivity index (χ2v) is 7.16. The van der Waals surface area contributed by atoms with Crippen molar-refractivity contribution in [3.63, 3.8) is 0 Å². The van der Waals surface area contributed by atoms with E-state index in [0.717, 1.165) is 18.8 Å². The van der Waals surface area contributed by atoms with Crippen LogP contribution in [0.3, 0.4) is 0 Å². The van der Waals surface area contributed by atoms with E-state index in [9.17, 15) is 9.59 Å². The third-order valence-electron chi connectivity index (χ3n) is 5.36. The van der Waals surface area contributed by atoms with Gasteiger partial charge in [-0.05, 0) is 25.0 Å². The SMILES string of the molecule is CC(=O)N1CCN(C(=O)CNc2ccccc2N2CCCCCC2)CC1. The van der Waals surface area contributed by atoms with E-state index in [1.807, 2.05) is 11.0 Å². The quantitative estimate of drug-likeness (QED) is 0.896. The summed E-state index contributed by atoms with van der Waals surface area (Å²) in [6.45, 7) is 6.54. The number of amides is 2. The minimum absolute atomic E-state index is 0.0848. The van der Waals surface area contributed by atoms with Crippen LogP contribution in [0.5, 0.6) is 0 Å². The van der Waals surface area contributed by atoms with Crippen molar-refractivity contribution >= 4 is 23.2 Å². The number of hydrogen-bond acceptors (Lipinski definition) is 4. The molecule has 0 aromatic heterocycles. The summed E-state index contributed by atoms with van der Waals surface area (Å²) in [5.74, 6) is 0.181. The van der Waals surface area contributed by atoms with Crippen LogP contribution in [0.1, 0.15) is 32.6 Å². The minimum atomic E-state index is 0.0848. The second-order valence-electron chi connectivity index (χ2n) is 7.16. The minimum Gasteiger partial charge on any atom is -0.374 e. The molecule has 26 heavy (non-hydrogen) atoms. The van der Waals surface area contributed by atoms with Crippen LogP contribution in [0, 0.1) is 0 Å². The van der Waals surface area contributed by atoms with Crippen molar-refractivity contribution in [2.75, 3.05) is 56.0 Å². The molecule has 0 radical (unpaired) electrons. The topological polar surface area (TPSA) is 55.9 Å². The molecule has 2 saturated heterocycles. The van der Waals surface area contributed by atoms with E-state index in [1.165, 1.54) is 31.4 Å². The maximum atomic E-state index is 12.5. The average molecular weight is 358 g/mol. The normalized spacial score (nSPS) is 18.4. The van der Waals surface area contributed by atoms with Crippen molar-refractivity contribution < 1.29 is 9.59 Å². The van der Waals surface area contributed by atoms with Gasteiger partial charge < -0.3 is 20.0 Å². The Morgan fingerprint density at radius 3 is 2.15 bits per heavy atom. The highest BCUT2D eigenvalue weighted by Crippen LogP contribution is 2.27. The smallest absolute Gasteiger partial charge is 0.241 e. The van der Waals surface area contributed by atoms with E-state index in [0.29, 0.717) is 32.7 Å². The first-order chi connectivity index (χ1) is 12.6. The monoisotopic (exact) mass is 358 g/mol. The highest BCUT2D eigenvalue weighted by atomic mass is 16.2. The van der Waals surface area contributed by atoms with E-state index in [-0.39, 0.29) is 11.8 Å². The first-order valence-electron chi connectivity index (χ1n) is 9.76. The Labute approximate surface area is 156 Å². The molecule has 2 amide bonds. The van der Waals surface area contributed by atoms with Gasteiger partial charge in [0.2, 0.25) is 11.8 Å². The molecule has 1 aromatic carbocycles. The summed E-state index contributed by atoms with van der Waals surface area (Å²) in [6.07, 6.45) is 5.06. The largest absolute Gasteiger partial charge is 0.374 e. The van der Waals surface area contributed by atoms with E-state index < -0.39 is 0 Å². The van der Waals surface area contributed by atoms with Crippen molar-refractivity contribution in [1.82, 2.24) is 9.80 Å². The molecule has 0 atom stereocenters. The molecule has 2 aliphatic heterocycles. The third kappa shape index (κ3) is 4.68. The first kappa shape index (κ1) is 18.5. The molecule has 142 valence electrons. The number of hydrogen-bond donors (Lipinski definition) is 1. The van der Waals surface area contributed by atoms with Crippen molar-refractivity contribution in [3.05, 3.63) is 24.3 Å². The molecule has 2 heterocycles. The van der Waals surface area contributed by atoms with Crippen LogP contribution in [0.25, 0.3) is 0 Å². The Bertz CT molecular complexity index is 618. The zero-order valence-corrected chi connectivity index (χ0v) is 15.7. The van der Waals surface area contributed by atoms with Crippen LogP contribution in [-0.4, -0.2) is 67.4 Å². The Morgan fingerprint density at radius 1 is 0.885 bits per heavy atom. The van der Waals surface area contributed by atoms with Gasteiger partial charge in [0, 0.05) is 46.2 Å². The van der Waals surface area contributed by atoms with Crippen LogP contribution >= 0.6 is 0 Å². The van der Waals surface area contributed by atoms with E-state index in [1.54, 1.807) is 11.8 Å². The van der Waals surface area contributed by atoms with Crippen molar-refractivity contribution in [2.24, 2.45) is 0 Å². The van der Waals surface area contributed by atoms with Gasteiger partial charge >= 0.3 is 0 Å². The van der Waals surface area contributed by atoms with Crippen LogP contribution < -0.4 is 10.2 Å². The lowest BCUT2D eigenvalue weighted by molar-refractivity contribution is -0.137. The van der Waals surface area contributed by atoms with Crippen LogP contribution in [0.4, 0.5) is 11.4 Å². The number of nitrogens with one attached hydrogen (secondary N) is 1. The lowest BCUT2D eigenvalue weighted by atomic mass is 10.2. The Morgan fingerprint density at radius 2 is 1.50 bits per heavy atom. The van der Waals surface area contributed by atoms with Gasteiger partial charge in [-0.3, -0.25) is 9.59 Å². The van der Waals surface area contributed by atoms with Gasteiger partial charge in [0.1, 0.15) is 0 Å². The molecule has 1 aromatic rings. The Kier molecular flexibility index (Phi) is 6.36. The fourth-order valence-electron chi connectivity index (χ4n) is 3.76. The highest BCUT2D eigenvalue weighted by Gasteiger charge is 2.22. The third-order valence-corrected chi connectivity index (χ3v) is 5.36. The molecule has 1 N–H and O–H groups in total. The van der Waals surface area contributed by atoms with Gasteiger partial charge in [0.25, 0.3) is 0 Å². The number of nitrogens with zero attached hydrogens (tertiary/aromatic N) is 3. The van der Waals surface area contributed by atoms with E-state index >= 15 is 0 Å². The lowest BCUT2D eigenvalue weighted by Crippen LogP contribution is -2.51. The Balaban J connectivity index is 1.56. The van der Waals surface area contributed by atoms with Gasteiger partial charge in [-0.1, -0.05) is 25.0 Å². The predicted octanol–water partition coefficient (Wildman–Crippen LogP) is 2.17.